The number of halogens is 3. The molecule has 0 bridgehead atoms. The number of carbonyl (C=O) groups excluding carboxylic acids is 1. The van der Waals surface area contributed by atoms with E-state index in [4.69, 9.17) is 5.73 Å². The molecule has 1 aromatic heterocycles. The summed E-state index contributed by atoms with van der Waals surface area (Å²) in [5.41, 5.74) is 4.71. The first kappa shape index (κ1) is 15.4. The largest absolute Gasteiger partial charge is 0.433 e. The molecule has 1 heterocycles. The molecule has 0 saturated carbocycles. The highest BCUT2D eigenvalue weighted by atomic mass is 19.4. The normalized spacial score (nSPS) is 13.4. The summed E-state index contributed by atoms with van der Waals surface area (Å²) in [6, 6.07) is 1.99. The second kappa shape index (κ2) is 6.01. The van der Waals surface area contributed by atoms with Crippen LogP contribution in [-0.4, -0.2) is 17.4 Å². The second-order valence-electron chi connectivity index (χ2n) is 4.51. The van der Waals surface area contributed by atoms with E-state index in [2.05, 4.69) is 10.3 Å². The van der Waals surface area contributed by atoms with Crippen LogP contribution in [0.25, 0.3) is 0 Å². The van der Waals surface area contributed by atoms with E-state index >= 15 is 0 Å². The molecule has 1 amide bonds. The van der Waals surface area contributed by atoms with Crippen LogP contribution in [-0.2, 0) is 11.0 Å². The number of alkyl halides is 3. The molecule has 1 aromatic rings. The van der Waals surface area contributed by atoms with Crippen LogP contribution in [0.15, 0.2) is 18.3 Å². The standard InChI is InChI=1S/C12H16F3N3O/c1-7(2)9(5-16)11(19)18-8-3-4-10(17-6-8)12(13,14)15/h3-4,6-7,9H,5,16H2,1-2H3,(H,18,19). The Morgan fingerprint density at radius 3 is 2.42 bits per heavy atom. The van der Waals surface area contributed by atoms with Gasteiger partial charge in [-0.05, 0) is 18.1 Å². The van der Waals surface area contributed by atoms with Crippen LogP contribution in [0.4, 0.5) is 18.9 Å². The summed E-state index contributed by atoms with van der Waals surface area (Å²) in [6.45, 7) is 3.88. The molecule has 0 aromatic carbocycles. The molecule has 0 aliphatic carbocycles. The van der Waals surface area contributed by atoms with Crippen LogP contribution in [0.5, 0.6) is 0 Å². The average Bonchev–Trinajstić information content (AvgIpc) is 2.28. The van der Waals surface area contributed by atoms with E-state index in [1.165, 1.54) is 6.07 Å². The van der Waals surface area contributed by atoms with E-state index in [1.807, 2.05) is 13.8 Å². The molecule has 1 rings (SSSR count). The van der Waals surface area contributed by atoms with Gasteiger partial charge in [-0.25, -0.2) is 4.98 Å². The number of rotatable bonds is 4. The summed E-state index contributed by atoms with van der Waals surface area (Å²) >= 11 is 0. The monoisotopic (exact) mass is 275 g/mol. The number of hydrogen-bond donors (Lipinski definition) is 2. The Kier molecular flexibility index (Phi) is 4.88. The number of nitrogens with two attached hydrogens (primary N) is 1. The zero-order chi connectivity index (χ0) is 14.6. The maximum absolute atomic E-state index is 12.3. The molecule has 0 aliphatic rings. The first-order chi connectivity index (χ1) is 8.75. The van der Waals surface area contributed by atoms with Gasteiger partial charge < -0.3 is 11.1 Å². The van der Waals surface area contributed by atoms with Gasteiger partial charge in [0.1, 0.15) is 5.69 Å². The molecule has 1 atom stereocenters. The van der Waals surface area contributed by atoms with Gasteiger partial charge in [0.05, 0.1) is 17.8 Å². The Morgan fingerprint density at radius 1 is 1.42 bits per heavy atom. The maximum atomic E-state index is 12.3. The molecular formula is C12H16F3N3O. The fraction of sp³-hybridized carbons (Fsp3) is 0.500. The first-order valence-electron chi connectivity index (χ1n) is 5.80. The van der Waals surface area contributed by atoms with Gasteiger partial charge in [0, 0.05) is 6.54 Å². The Hall–Kier alpha value is -1.63. The summed E-state index contributed by atoms with van der Waals surface area (Å²) in [4.78, 5) is 15.1. The highest BCUT2D eigenvalue weighted by Gasteiger charge is 2.32. The zero-order valence-corrected chi connectivity index (χ0v) is 10.7. The van der Waals surface area contributed by atoms with E-state index in [0.717, 1.165) is 12.3 Å². The van der Waals surface area contributed by atoms with E-state index in [0.29, 0.717) is 0 Å². The summed E-state index contributed by atoms with van der Waals surface area (Å²) < 4.78 is 36.9. The van der Waals surface area contributed by atoms with Crippen molar-refractivity contribution in [2.75, 3.05) is 11.9 Å². The molecule has 0 fully saturated rings. The van der Waals surface area contributed by atoms with Crippen molar-refractivity contribution in [2.24, 2.45) is 17.6 Å². The van der Waals surface area contributed by atoms with Crippen molar-refractivity contribution in [3.63, 3.8) is 0 Å². The fourth-order valence-corrected chi connectivity index (χ4v) is 1.55. The number of anilines is 1. The van der Waals surface area contributed by atoms with Crippen molar-refractivity contribution < 1.29 is 18.0 Å². The summed E-state index contributed by atoms with van der Waals surface area (Å²) in [5.74, 6) is -0.659. The van der Waals surface area contributed by atoms with Gasteiger partial charge in [-0.3, -0.25) is 4.79 Å². The highest BCUT2D eigenvalue weighted by Crippen LogP contribution is 2.27. The summed E-state index contributed by atoms with van der Waals surface area (Å²) in [7, 11) is 0. The van der Waals surface area contributed by atoms with Crippen LogP contribution in [0.1, 0.15) is 19.5 Å². The highest BCUT2D eigenvalue weighted by molar-refractivity contribution is 5.92. The topological polar surface area (TPSA) is 68.0 Å². The summed E-state index contributed by atoms with van der Waals surface area (Å²) in [6.07, 6.45) is -3.51. The molecular weight excluding hydrogens is 259 g/mol. The number of nitrogens with one attached hydrogen (secondary N) is 1. The Bertz CT molecular complexity index is 429. The van der Waals surface area contributed by atoms with E-state index < -0.39 is 11.9 Å². The molecule has 7 heteroatoms. The molecule has 0 radical (unpaired) electrons. The zero-order valence-electron chi connectivity index (χ0n) is 10.7. The third-order valence-corrected chi connectivity index (χ3v) is 2.72. The number of amides is 1. The van der Waals surface area contributed by atoms with Gasteiger partial charge in [-0.15, -0.1) is 0 Å². The number of nitrogens with zero attached hydrogens (tertiary/aromatic N) is 1. The molecule has 106 valence electrons. The second-order valence-corrected chi connectivity index (χ2v) is 4.51. The van der Waals surface area contributed by atoms with Crippen LogP contribution < -0.4 is 11.1 Å². The third-order valence-electron chi connectivity index (χ3n) is 2.72. The number of pyridine rings is 1. The predicted molar refractivity (Wildman–Crippen MR) is 65.3 cm³/mol. The summed E-state index contributed by atoms with van der Waals surface area (Å²) in [5, 5.41) is 2.50. The minimum absolute atomic E-state index is 0.0485. The smallest absolute Gasteiger partial charge is 0.330 e. The number of hydrogen-bond acceptors (Lipinski definition) is 3. The van der Waals surface area contributed by atoms with Crippen molar-refractivity contribution in [1.82, 2.24) is 4.98 Å². The Balaban J connectivity index is 2.76. The molecule has 19 heavy (non-hydrogen) atoms. The van der Waals surface area contributed by atoms with E-state index in [9.17, 15) is 18.0 Å². The minimum atomic E-state index is -4.49. The lowest BCUT2D eigenvalue weighted by molar-refractivity contribution is -0.141. The number of aromatic nitrogens is 1. The molecule has 0 aliphatic heterocycles. The molecule has 0 spiro atoms. The van der Waals surface area contributed by atoms with E-state index in [-0.39, 0.29) is 30.0 Å². The van der Waals surface area contributed by atoms with Crippen molar-refractivity contribution in [3.8, 4) is 0 Å². The van der Waals surface area contributed by atoms with Gasteiger partial charge >= 0.3 is 6.18 Å². The van der Waals surface area contributed by atoms with Crippen LogP contribution in [0.3, 0.4) is 0 Å². The Morgan fingerprint density at radius 2 is 2.05 bits per heavy atom. The van der Waals surface area contributed by atoms with Crippen LogP contribution >= 0.6 is 0 Å². The number of carbonyl (C=O) groups is 1. The quantitative estimate of drug-likeness (QED) is 0.885. The van der Waals surface area contributed by atoms with Crippen molar-refractivity contribution in [2.45, 2.75) is 20.0 Å². The average molecular weight is 275 g/mol. The van der Waals surface area contributed by atoms with Gasteiger partial charge in [0.15, 0.2) is 0 Å². The van der Waals surface area contributed by atoms with Crippen LogP contribution in [0.2, 0.25) is 0 Å². The first-order valence-corrected chi connectivity index (χ1v) is 5.80. The Labute approximate surface area is 109 Å². The lowest BCUT2D eigenvalue weighted by atomic mass is 9.95. The van der Waals surface area contributed by atoms with Gasteiger partial charge in [0.2, 0.25) is 5.91 Å². The molecule has 4 nitrogen and oxygen atoms in total. The van der Waals surface area contributed by atoms with Crippen molar-refractivity contribution >= 4 is 11.6 Å². The lowest BCUT2D eigenvalue weighted by Gasteiger charge is -2.18. The molecule has 0 saturated heterocycles. The van der Waals surface area contributed by atoms with Gasteiger partial charge in [-0.2, -0.15) is 13.2 Å². The van der Waals surface area contributed by atoms with Crippen molar-refractivity contribution in [3.05, 3.63) is 24.0 Å². The molecule has 1 unspecified atom stereocenters. The maximum Gasteiger partial charge on any atom is 0.433 e. The van der Waals surface area contributed by atoms with Crippen LogP contribution in [0, 0.1) is 11.8 Å². The van der Waals surface area contributed by atoms with Gasteiger partial charge in [-0.1, -0.05) is 13.8 Å². The SMILES string of the molecule is CC(C)C(CN)C(=O)Nc1ccc(C(F)(F)F)nc1. The predicted octanol–water partition coefficient (Wildman–Crippen LogP) is 2.27. The molecule has 3 N–H and O–H groups in total. The van der Waals surface area contributed by atoms with E-state index in [1.54, 1.807) is 0 Å². The van der Waals surface area contributed by atoms with Crippen molar-refractivity contribution in [1.29, 1.82) is 0 Å². The minimum Gasteiger partial charge on any atom is -0.330 e. The van der Waals surface area contributed by atoms with Gasteiger partial charge in [0.25, 0.3) is 0 Å². The third kappa shape index (κ3) is 4.20. The lowest BCUT2D eigenvalue weighted by Crippen LogP contribution is -2.33. The fourth-order valence-electron chi connectivity index (χ4n) is 1.55.